The van der Waals surface area contributed by atoms with Crippen LogP contribution in [-0.2, 0) is 9.53 Å². The molecule has 0 spiro atoms. The van der Waals surface area contributed by atoms with Crippen LogP contribution >= 0.6 is 15.9 Å². The standard InChI is InChI=1S/C8H9BrF4O2/c1-2-3-6(14)15-5-4-7(10,11)8(9,12)13/h2-3H,4-5H2,1H3/b3-2-. The van der Waals surface area contributed by atoms with E-state index in [0.29, 0.717) is 0 Å². The highest BCUT2D eigenvalue weighted by molar-refractivity contribution is 9.10. The van der Waals surface area contributed by atoms with Gasteiger partial charge in [-0.3, -0.25) is 0 Å². The monoisotopic (exact) mass is 292 g/mol. The Bertz CT molecular complexity index is 248. The predicted octanol–water partition coefficient (Wildman–Crippen LogP) is 3.12. The van der Waals surface area contributed by atoms with Crippen LogP contribution in [0.5, 0.6) is 0 Å². The van der Waals surface area contributed by atoms with Gasteiger partial charge in [-0.05, 0) is 22.9 Å². The van der Waals surface area contributed by atoms with Crippen LogP contribution in [0.3, 0.4) is 0 Å². The number of rotatable bonds is 5. The van der Waals surface area contributed by atoms with Gasteiger partial charge in [0.15, 0.2) is 0 Å². The fourth-order valence-corrected chi connectivity index (χ4v) is 0.804. The molecule has 0 amide bonds. The fraction of sp³-hybridized carbons (Fsp3) is 0.625. The molecule has 0 aliphatic heterocycles. The molecule has 2 nitrogen and oxygen atoms in total. The summed E-state index contributed by atoms with van der Waals surface area (Å²) in [6.07, 6.45) is 1.11. The fourth-order valence-electron chi connectivity index (χ4n) is 0.606. The minimum absolute atomic E-state index is 0.767. The maximum Gasteiger partial charge on any atom is 0.363 e. The van der Waals surface area contributed by atoms with Gasteiger partial charge in [0, 0.05) is 6.08 Å². The van der Waals surface area contributed by atoms with Crippen LogP contribution in [0.2, 0.25) is 0 Å². The van der Waals surface area contributed by atoms with Crippen molar-refractivity contribution in [1.29, 1.82) is 0 Å². The second kappa shape index (κ2) is 5.48. The number of ether oxygens (including phenoxy) is 1. The zero-order chi connectivity index (χ0) is 12.1. The van der Waals surface area contributed by atoms with Crippen molar-refractivity contribution >= 4 is 21.9 Å². The molecule has 0 rings (SSSR count). The van der Waals surface area contributed by atoms with E-state index in [4.69, 9.17) is 0 Å². The molecule has 7 heteroatoms. The van der Waals surface area contributed by atoms with Gasteiger partial charge in [0.1, 0.15) is 0 Å². The number of hydrogen-bond donors (Lipinski definition) is 0. The Kier molecular flexibility index (Phi) is 5.27. The Labute approximate surface area is 92.4 Å². The molecule has 0 saturated heterocycles. The zero-order valence-corrected chi connectivity index (χ0v) is 9.36. The average molecular weight is 293 g/mol. The Morgan fingerprint density at radius 2 is 1.93 bits per heavy atom. The number of carbonyl (C=O) groups excluding carboxylic acids is 1. The summed E-state index contributed by atoms with van der Waals surface area (Å²) in [5, 5.41) is 0. The molecule has 0 fully saturated rings. The molecule has 15 heavy (non-hydrogen) atoms. The molecule has 0 bridgehead atoms. The molecular weight excluding hydrogens is 284 g/mol. The lowest BCUT2D eigenvalue weighted by Gasteiger charge is -2.20. The van der Waals surface area contributed by atoms with Crippen LogP contribution < -0.4 is 0 Å². The molecule has 0 radical (unpaired) electrons. The van der Waals surface area contributed by atoms with Crippen molar-refractivity contribution in [2.24, 2.45) is 0 Å². The maximum atomic E-state index is 12.6. The van der Waals surface area contributed by atoms with Crippen LogP contribution in [-0.4, -0.2) is 23.3 Å². The van der Waals surface area contributed by atoms with Crippen LogP contribution in [0.4, 0.5) is 17.6 Å². The van der Waals surface area contributed by atoms with Gasteiger partial charge in [0.05, 0.1) is 13.0 Å². The number of carbonyl (C=O) groups is 1. The first-order valence-electron chi connectivity index (χ1n) is 3.94. The van der Waals surface area contributed by atoms with E-state index in [0.717, 1.165) is 6.08 Å². The summed E-state index contributed by atoms with van der Waals surface area (Å²) in [6.45, 7) is 0.764. The summed E-state index contributed by atoms with van der Waals surface area (Å²) in [5.41, 5.74) is 0. The molecule has 0 heterocycles. The number of allylic oxidation sites excluding steroid dienone is 1. The molecule has 0 atom stereocenters. The third-order valence-corrected chi connectivity index (χ3v) is 1.96. The van der Waals surface area contributed by atoms with Crippen LogP contribution in [0.1, 0.15) is 13.3 Å². The maximum absolute atomic E-state index is 12.6. The van der Waals surface area contributed by atoms with Gasteiger partial charge in [-0.1, -0.05) is 6.08 Å². The first-order chi connectivity index (χ1) is 6.70. The molecule has 88 valence electrons. The van der Waals surface area contributed by atoms with Crippen molar-refractivity contribution in [3.05, 3.63) is 12.2 Å². The molecule has 0 aromatic heterocycles. The van der Waals surface area contributed by atoms with Gasteiger partial charge in [-0.25, -0.2) is 4.79 Å². The normalized spacial score (nSPS) is 13.2. The molecule has 0 N–H and O–H groups in total. The lowest BCUT2D eigenvalue weighted by molar-refractivity contribution is -0.163. The smallest absolute Gasteiger partial charge is 0.363 e. The SMILES string of the molecule is C/C=C\C(=O)OCCC(F)(F)C(F)(F)Br. The lowest BCUT2D eigenvalue weighted by Crippen LogP contribution is -2.36. The van der Waals surface area contributed by atoms with Crippen molar-refractivity contribution in [1.82, 2.24) is 0 Å². The molecule has 0 aromatic carbocycles. The highest BCUT2D eigenvalue weighted by atomic mass is 79.9. The van der Waals surface area contributed by atoms with Crippen LogP contribution in [0.15, 0.2) is 12.2 Å². The van der Waals surface area contributed by atoms with Crippen molar-refractivity contribution in [2.75, 3.05) is 6.61 Å². The minimum atomic E-state index is -4.30. The lowest BCUT2D eigenvalue weighted by atomic mass is 10.2. The quantitative estimate of drug-likeness (QED) is 0.337. The highest BCUT2D eigenvalue weighted by Crippen LogP contribution is 2.41. The number of alkyl halides is 5. The summed E-state index contributed by atoms with van der Waals surface area (Å²) < 4.78 is 53.7. The molecular formula is C8H9BrF4O2. The summed E-state index contributed by atoms with van der Waals surface area (Å²) in [4.78, 5) is 6.33. The summed E-state index contributed by atoms with van der Waals surface area (Å²) in [5.74, 6) is -5.09. The third kappa shape index (κ3) is 5.15. The molecule has 0 unspecified atom stereocenters. The number of halogens is 5. The van der Waals surface area contributed by atoms with Gasteiger partial charge in [-0.15, -0.1) is 0 Å². The predicted molar refractivity (Wildman–Crippen MR) is 49.2 cm³/mol. The third-order valence-electron chi connectivity index (χ3n) is 1.38. The molecule has 0 aliphatic rings. The summed E-state index contributed by atoms with van der Waals surface area (Å²) in [7, 11) is 0. The van der Waals surface area contributed by atoms with E-state index < -0.39 is 29.8 Å². The molecule has 0 aromatic rings. The Morgan fingerprint density at radius 1 is 1.40 bits per heavy atom. The number of esters is 1. The van der Waals surface area contributed by atoms with Gasteiger partial charge in [0.25, 0.3) is 0 Å². The van der Waals surface area contributed by atoms with E-state index in [2.05, 4.69) is 4.74 Å². The minimum Gasteiger partial charge on any atom is -0.462 e. The van der Waals surface area contributed by atoms with E-state index in [-0.39, 0.29) is 0 Å². The van der Waals surface area contributed by atoms with Crippen molar-refractivity contribution in [2.45, 2.75) is 24.1 Å². The second-order valence-electron chi connectivity index (χ2n) is 2.62. The Morgan fingerprint density at radius 3 is 2.33 bits per heavy atom. The Balaban J connectivity index is 4.01. The van der Waals surface area contributed by atoms with Crippen LogP contribution in [0.25, 0.3) is 0 Å². The first-order valence-corrected chi connectivity index (χ1v) is 4.74. The topological polar surface area (TPSA) is 26.3 Å². The van der Waals surface area contributed by atoms with Crippen molar-refractivity contribution in [3.63, 3.8) is 0 Å². The highest BCUT2D eigenvalue weighted by Gasteiger charge is 2.53. The Hall–Kier alpha value is -0.590. The van der Waals surface area contributed by atoms with E-state index in [1.807, 2.05) is 0 Å². The largest absolute Gasteiger partial charge is 0.462 e. The number of hydrogen-bond acceptors (Lipinski definition) is 2. The molecule has 0 saturated carbocycles. The van der Waals surface area contributed by atoms with Crippen LogP contribution in [0, 0.1) is 0 Å². The molecule has 0 aliphatic carbocycles. The first kappa shape index (κ1) is 14.4. The van der Waals surface area contributed by atoms with Gasteiger partial charge >= 0.3 is 16.7 Å². The second-order valence-corrected chi connectivity index (χ2v) is 3.62. The zero-order valence-electron chi connectivity index (χ0n) is 7.78. The summed E-state index contributed by atoms with van der Waals surface area (Å²) >= 11 is 1.56. The van der Waals surface area contributed by atoms with Gasteiger partial charge in [0.2, 0.25) is 0 Å². The van der Waals surface area contributed by atoms with E-state index in [9.17, 15) is 22.4 Å². The van der Waals surface area contributed by atoms with E-state index in [1.54, 1.807) is 15.9 Å². The van der Waals surface area contributed by atoms with Crippen molar-refractivity contribution in [3.8, 4) is 0 Å². The van der Waals surface area contributed by atoms with Gasteiger partial charge < -0.3 is 4.74 Å². The van der Waals surface area contributed by atoms with E-state index >= 15 is 0 Å². The summed E-state index contributed by atoms with van der Waals surface area (Å²) in [6, 6.07) is 0. The van der Waals surface area contributed by atoms with Crippen molar-refractivity contribution < 1.29 is 27.1 Å². The van der Waals surface area contributed by atoms with E-state index in [1.165, 1.54) is 13.0 Å². The average Bonchev–Trinajstić information content (AvgIpc) is 2.01. The van der Waals surface area contributed by atoms with Gasteiger partial charge in [-0.2, -0.15) is 17.6 Å².